The van der Waals surface area contributed by atoms with Gasteiger partial charge in [0.1, 0.15) is 0 Å². The van der Waals surface area contributed by atoms with Crippen molar-refractivity contribution < 1.29 is 24.2 Å². The standard InChI is InChI=1S/C34H67NO5/c1-4-6-14-22-32(23-15-7-5-2)26-31-40-34(38)25-17-11-9-13-19-28-35(29-20-21-30-36)27-18-12-8-10-16-24-33(37)39-3/h32,36H,4-31H2,1-3H3. The minimum Gasteiger partial charge on any atom is -0.469 e. The van der Waals surface area contributed by atoms with Gasteiger partial charge < -0.3 is 19.5 Å². The number of carbonyl (C=O) groups excluding carboxylic acids is 2. The number of hydrogen-bond donors (Lipinski definition) is 1. The number of aliphatic hydroxyl groups is 1. The molecule has 238 valence electrons. The van der Waals surface area contributed by atoms with Crippen LogP contribution in [-0.4, -0.2) is 61.9 Å². The quantitative estimate of drug-likeness (QED) is 0.0665. The van der Waals surface area contributed by atoms with Gasteiger partial charge in [-0.25, -0.2) is 0 Å². The van der Waals surface area contributed by atoms with E-state index in [0.717, 1.165) is 64.6 Å². The van der Waals surface area contributed by atoms with Gasteiger partial charge in [0, 0.05) is 19.4 Å². The van der Waals surface area contributed by atoms with E-state index in [9.17, 15) is 9.59 Å². The van der Waals surface area contributed by atoms with E-state index in [1.807, 2.05) is 0 Å². The van der Waals surface area contributed by atoms with Crippen LogP contribution in [0.3, 0.4) is 0 Å². The molecule has 0 heterocycles. The van der Waals surface area contributed by atoms with Gasteiger partial charge in [-0.3, -0.25) is 9.59 Å². The molecule has 0 radical (unpaired) electrons. The van der Waals surface area contributed by atoms with Gasteiger partial charge in [-0.2, -0.15) is 0 Å². The molecule has 0 rings (SSSR count). The average molecular weight is 570 g/mol. The number of unbranched alkanes of at least 4 members (excludes halogenated alkanes) is 13. The molecule has 40 heavy (non-hydrogen) atoms. The first kappa shape index (κ1) is 38.9. The Hall–Kier alpha value is -1.14. The number of methoxy groups -OCH3 is 1. The zero-order valence-corrected chi connectivity index (χ0v) is 26.9. The highest BCUT2D eigenvalue weighted by Gasteiger charge is 2.11. The molecule has 0 aromatic carbocycles. The third kappa shape index (κ3) is 27.1. The molecule has 1 N–H and O–H groups in total. The molecule has 6 nitrogen and oxygen atoms in total. The Morgan fingerprint density at radius 2 is 1.07 bits per heavy atom. The summed E-state index contributed by atoms with van der Waals surface area (Å²) in [7, 11) is 1.45. The van der Waals surface area contributed by atoms with Crippen LogP contribution >= 0.6 is 0 Å². The van der Waals surface area contributed by atoms with Gasteiger partial charge in [0.05, 0.1) is 13.7 Å². The Labute approximate surface area is 248 Å². The third-order valence-electron chi connectivity index (χ3n) is 8.04. The lowest BCUT2D eigenvalue weighted by molar-refractivity contribution is -0.144. The zero-order valence-electron chi connectivity index (χ0n) is 26.9. The normalized spacial score (nSPS) is 11.4. The highest BCUT2D eigenvalue weighted by molar-refractivity contribution is 5.69. The van der Waals surface area contributed by atoms with Crippen molar-refractivity contribution in [2.24, 2.45) is 5.92 Å². The Morgan fingerprint density at radius 3 is 1.57 bits per heavy atom. The van der Waals surface area contributed by atoms with Gasteiger partial charge in [0.25, 0.3) is 0 Å². The highest BCUT2D eigenvalue weighted by Crippen LogP contribution is 2.21. The second-order valence-electron chi connectivity index (χ2n) is 11.8. The van der Waals surface area contributed by atoms with E-state index in [2.05, 4.69) is 18.7 Å². The van der Waals surface area contributed by atoms with E-state index in [-0.39, 0.29) is 18.5 Å². The molecule has 0 aliphatic rings. The summed E-state index contributed by atoms with van der Waals surface area (Å²) in [5, 5.41) is 9.14. The molecule has 0 unspecified atom stereocenters. The number of aliphatic hydroxyl groups excluding tert-OH is 1. The van der Waals surface area contributed by atoms with Gasteiger partial charge in [-0.05, 0) is 70.5 Å². The molecule has 0 amide bonds. The lowest BCUT2D eigenvalue weighted by Gasteiger charge is -2.22. The van der Waals surface area contributed by atoms with Crippen LogP contribution in [0.5, 0.6) is 0 Å². The summed E-state index contributed by atoms with van der Waals surface area (Å²) in [4.78, 5) is 26.0. The molecule has 0 aromatic rings. The van der Waals surface area contributed by atoms with Crippen LogP contribution in [-0.2, 0) is 19.1 Å². The van der Waals surface area contributed by atoms with Crippen LogP contribution in [0.4, 0.5) is 0 Å². The summed E-state index contributed by atoms with van der Waals surface area (Å²) in [6.45, 7) is 8.68. The number of rotatable bonds is 31. The van der Waals surface area contributed by atoms with Gasteiger partial charge in [-0.1, -0.05) is 104 Å². The van der Waals surface area contributed by atoms with Crippen molar-refractivity contribution in [2.45, 2.75) is 162 Å². The van der Waals surface area contributed by atoms with Crippen molar-refractivity contribution in [3.8, 4) is 0 Å². The molecule has 6 heteroatoms. The van der Waals surface area contributed by atoms with Gasteiger partial charge in [0.15, 0.2) is 0 Å². The third-order valence-corrected chi connectivity index (χ3v) is 8.04. The van der Waals surface area contributed by atoms with Crippen molar-refractivity contribution in [3.63, 3.8) is 0 Å². The Balaban J connectivity index is 3.93. The van der Waals surface area contributed by atoms with Gasteiger partial charge in [-0.15, -0.1) is 0 Å². The molecular weight excluding hydrogens is 502 g/mol. The first-order valence-corrected chi connectivity index (χ1v) is 17.1. The summed E-state index contributed by atoms with van der Waals surface area (Å²) in [5.74, 6) is 0.595. The van der Waals surface area contributed by atoms with E-state index in [1.54, 1.807) is 0 Å². The topological polar surface area (TPSA) is 76.1 Å². The van der Waals surface area contributed by atoms with E-state index in [4.69, 9.17) is 14.6 Å². The molecule has 0 aromatic heterocycles. The lowest BCUT2D eigenvalue weighted by atomic mass is 9.92. The predicted molar refractivity (Wildman–Crippen MR) is 168 cm³/mol. The Kier molecular flexibility index (Phi) is 29.9. The number of hydrogen-bond acceptors (Lipinski definition) is 6. The molecular formula is C34H67NO5. The van der Waals surface area contributed by atoms with Crippen molar-refractivity contribution in [2.75, 3.05) is 40.0 Å². The van der Waals surface area contributed by atoms with Crippen LogP contribution in [0.25, 0.3) is 0 Å². The molecule has 0 bridgehead atoms. The van der Waals surface area contributed by atoms with E-state index < -0.39 is 0 Å². The highest BCUT2D eigenvalue weighted by atomic mass is 16.5. The van der Waals surface area contributed by atoms with Crippen molar-refractivity contribution in [3.05, 3.63) is 0 Å². The summed E-state index contributed by atoms with van der Waals surface area (Å²) in [6.07, 6.45) is 25.6. The largest absolute Gasteiger partial charge is 0.469 e. The summed E-state index contributed by atoms with van der Waals surface area (Å²) >= 11 is 0. The van der Waals surface area contributed by atoms with Crippen molar-refractivity contribution in [1.29, 1.82) is 0 Å². The molecule has 0 aliphatic heterocycles. The van der Waals surface area contributed by atoms with Crippen LogP contribution in [0, 0.1) is 5.92 Å². The summed E-state index contributed by atoms with van der Waals surface area (Å²) < 4.78 is 10.3. The smallest absolute Gasteiger partial charge is 0.305 e. The number of ether oxygens (including phenoxy) is 2. The molecule has 0 aliphatic carbocycles. The van der Waals surface area contributed by atoms with Gasteiger partial charge in [0.2, 0.25) is 0 Å². The second-order valence-corrected chi connectivity index (χ2v) is 11.8. The van der Waals surface area contributed by atoms with Crippen LogP contribution in [0.15, 0.2) is 0 Å². The van der Waals surface area contributed by atoms with E-state index >= 15 is 0 Å². The maximum Gasteiger partial charge on any atom is 0.305 e. The maximum absolute atomic E-state index is 12.2. The number of carbonyl (C=O) groups is 2. The lowest BCUT2D eigenvalue weighted by Crippen LogP contribution is -2.27. The average Bonchev–Trinajstić information content (AvgIpc) is 2.95. The van der Waals surface area contributed by atoms with Crippen LogP contribution < -0.4 is 0 Å². The summed E-state index contributed by atoms with van der Waals surface area (Å²) in [6, 6.07) is 0. The summed E-state index contributed by atoms with van der Waals surface area (Å²) in [5.41, 5.74) is 0. The zero-order chi connectivity index (χ0) is 29.5. The van der Waals surface area contributed by atoms with Crippen LogP contribution in [0.2, 0.25) is 0 Å². The maximum atomic E-state index is 12.2. The van der Waals surface area contributed by atoms with E-state index in [0.29, 0.717) is 25.4 Å². The second kappa shape index (κ2) is 30.8. The molecule has 0 saturated carbocycles. The SMILES string of the molecule is CCCCCC(CCCCC)CCOC(=O)CCCCCCCN(CCCCO)CCCCCCCC(=O)OC. The number of nitrogens with zero attached hydrogens (tertiary/aromatic N) is 1. The molecule has 0 atom stereocenters. The van der Waals surface area contributed by atoms with Crippen molar-refractivity contribution in [1.82, 2.24) is 4.90 Å². The number of esters is 2. The molecule has 0 fully saturated rings. The molecule has 0 spiro atoms. The minimum absolute atomic E-state index is 0.0128. The van der Waals surface area contributed by atoms with Crippen molar-refractivity contribution >= 4 is 11.9 Å². The predicted octanol–water partition coefficient (Wildman–Crippen LogP) is 8.63. The van der Waals surface area contributed by atoms with Crippen LogP contribution in [0.1, 0.15) is 162 Å². The fraction of sp³-hybridized carbons (Fsp3) is 0.941. The fourth-order valence-corrected chi connectivity index (χ4v) is 5.37. The minimum atomic E-state index is -0.107. The first-order valence-electron chi connectivity index (χ1n) is 17.1. The van der Waals surface area contributed by atoms with E-state index in [1.165, 1.54) is 97.0 Å². The Bertz CT molecular complexity index is 546. The first-order chi connectivity index (χ1) is 19.6. The molecule has 0 saturated heterocycles. The fourth-order valence-electron chi connectivity index (χ4n) is 5.37. The Morgan fingerprint density at radius 1 is 0.600 bits per heavy atom. The monoisotopic (exact) mass is 570 g/mol. The van der Waals surface area contributed by atoms with Gasteiger partial charge >= 0.3 is 11.9 Å².